The number of amides is 1. The topological polar surface area (TPSA) is 110 Å². The van der Waals surface area contributed by atoms with Gasteiger partial charge >= 0.3 is 0 Å². The first-order valence-corrected chi connectivity index (χ1v) is 14.8. The van der Waals surface area contributed by atoms with Crippen LogP contribution >= 0.6 is 15.9 Å². The molecule has 1 heterocycles. The zero-order valence-electron chi connectivity index (χ0n) is 23.1. The second-order valence-corrected chi connectivity index (χ2v) is 11.3. The molecule has 9 heteroatoms. The van der Waals surface area contributed by atoms with E-state index in [1.165, 1.54) is 0 Å². The standard InChI is InChI=1S/C30H38BrN3O5/c1-4-6-19-13-24-28(25(35)14-19)27(22(17-32)18(3)34-24)21-15-23(31)29(26(16-21)38-5-2)39-12-11-37-10-9-33-30(36)20-7-8-20/h15-16,19-20,22,27H,4-14H2,1-3H3,(H,33,36). The molecule has 3 aliphatic rings. The Morgan fingerprint density at radius 1 is 1.18 bits per heavy atom. The van der Waals surface area contributed by atoms with Gasteiger partial charge in [0.25, 0.3) is 0 Å². The number of hydrogen-bond acceptors (Lipinski definition) is 7. The van der Waals surface area contributed by atoms with Crippen LogP contribution in [0, 0.1) is 29.1 Å². The maximum atomic E-state index is 13.4. The molecule has 0 bridgehead atoms. The van der Waals surface area contributed by atoms with Gasteiger partial charge in [0.15, 0.2) is 17.3 Å². The monoisotopic (exact) mass is 599 g/mol. The van der Waals surface area contributed by atoms with Crippen LogP contribution in [0.2, 0.25) is 0 Å². The second-order valence-electron chi connectivity index (χ2n) is 10.5. The number of nitrogens with zero attached hydrogens (tertiary/aromatic N) is 2. The van der Waals surface area contributed by atoms with Gasteiger partial charge in [0.2, 0.25) is 5.91 Å². The number of rotatable bonds is 13. The fourth-order valence-corrected chi connectivity index (χ4v) is 6.06. The van der Waals surface area contributed by atoms with Gasteiger partial charge in [-0.05, 0) is 79.1 Å². The summed E-state index contributed by atoms with van der Waals surface area (Å²) in [6, 6.07) is 6.22. The minimum Gasteiger partial charge on any atom is -0.490 e. The molecule has 1 fully saturated rings. The lowest BCUT2D eigenvalue weighted by Gasteiger charge is -2.35. The number of aliphatic imine (C=N–C) groups is 1. The third-order valence-corrected chi connectivity index (χ3v) is 8.06. The molecule has 1 N–H and O–H groups in total. The number of benzene rings is 1. The van der Waals surface area contributed by atoms with Crippen molar-refractivity contribution >= 4 is 33.3 Å². The Morgan fingerprint density at radius 2 is 1.97 bits per heavy atom. The molecule has 3 atom stereocenters. The molecule has 8 nitrogen and oxygen atoms in total. The van der Waals surface area contributed by atoms with E-state index in [-0.39, 0.29) is 17.6 Å². The molecular weight excluding hydrogens is 562 g/mol. The van der Waals surface area contributed by atoms with Crippen LogP contribution in [0.15, 0.2) is 32.9 Å². The summed E-state index contributed by atoms with van der Waals surface area (Å²) in [5.41, 5.74) is 3.07. The Kier molecular flexibility index (Phi) is 10.2. The average Bonchev–Trinajstić information content (AvgIpc) is 3.74. The fraction of sp³-hybridized carbons (Fsp3) is 0.600. The van der Waals surface area contributed by atoms with Crippen molar-refractivity contribution in [3.05, 3.63) is 33.4 Å². The molecule has 0 radical (unpaired) electrons. The van der Waals surface area contributed by atoms with E-state index < -0.39 is 11.8 Å². The number of ether oxygens (including phenoxy) is 3. The number of Topliss-reactive ketones (excluding diaryl/α,β-unsaturated/α-hetero) is 1. The first-order chi connectivity index (χ1) is 18.9. The minimum atomic E-state index is -0.530. The quantitative estimate of drug-likeness (QED) is 0.300. The van der Waals surface area contributed by atoms with Crippen LogP contribution < -0.4 is 14.8 Å². The molecular formula is C30H38BrN3O5. The van der Waals surface area contributed by atoms with Gasteiger partial charge in [-0.25, -0.2) is 0 Å². The Bertz CT molecular complexity index is 1180. The van der Waals surface area contributed by atoms with E-state index in [9.17, 15) is 14.9 Å². The van der Waals surface area contributed by atoms with E-state index in [0.717, 1.165) is 49.1 Å². The zero-order chi connectivity index (χ0) is 27.9. The van der Waals surface area contributed by atoms with Gasteiger partial charge in [-0.1, -0.05) is 13.3 Å². The van der Waals surface area contributed by atoms with Gasteiger partial charge in [-0.15, -0.1) is 0 Å². The third kappa shape index (κ3) is 7.09. The van der Waals surface area contributed by atoms with E-state index in [1.54, 1.807) is 0 Å². The molecule has 1 aromatic carbocycles. The van der Waals surface area contributed by atoms with Gasteiger partial charge in [-0.2, -0.15) is 5.26 Å². The Labute approximate surface area is 239 Å². The van der Waals surface area contributed by atoms with E-state index in [2.05, 4.69) is 34.2 Å². The van der Waals surface area contributed by atoms with Crippen molar-refractivity contribution in [3.8, 4) is 17.6 Å². The number of ketones is 1. The lowest BCUT2D eigenvalue weighted by atomic mass is 9.70. The van der Waals surface area contributed by atoms with Crippen molar-refractivity contribution in [1.29, 1.82) is 5.26 Å². The summed E-state index contributed by atoms with van der Waals surface area (Å²) in [6.45, 7) is 7.91. The number of halogens is 1. The Hall–Kier alpha value is -2.70. The maximum Gasteiger partial charge on any atom is 0.223 e. The van der Waals surface area contributed by atoms with Gasteiger partial charge in [-0.3, -0.25) is 14.6 Å². The average molecular weight is 601 g/mol. The number of carbonyl (C=O) groups is 2. The fourth-order valence-electron chi connectivity index (χ4n) is 5.49. The molecule has 0 aromatic heterocycles. The minimum absolute atomic E-state index is 0.0936. The van der Waals surface area contributed by atoms with Crippen LogP contribution in [0.5, 0.6) is 11.5 Å². The molecule has 1 aliphatic heterocycles. The first-order valence-electron chi connectivity index (χ1n) is 14.0. The van der Waals surface area contributed by atoms with Crippen molar-refractivity contribution in [2.45, 2.75) is 65.2 Å². The van der Waals surface area contributed by atoms with Crippen molar-refractivity contribution < 1.29 is 23.8 Å². The lowest BCUT2D eigenvalue weighted by Crippen LogP contribution is -2.32. The number of hydrogen-bond donors (Lipinski definition) is 1. The van der Waals surface area contributed by atoms with Crippen LogP contribution in [-0.4, -0.2) is 50.4 Å². The van der Waals surface area contributed by atoms with Crippen LogP contribution in [0.4, 0.5) is 0 Å². The van der Waals surface area contributed by atoms with Gasteiger partial charge in [0.05, 0.1) is 36.3 Å². The molecule has 210 valence electrons. The molecule has 3 unspecified atom stereocenters. The molecule has 4 rings (SSSR count). The van der Waals surface area contributed by atoms with Gasteiger partial charge in [0, 0.05) is 41.8 Å². The lowest BCUT2D eigenvalue weighted by molar-refractivity contribution is -0.122. The zero-order valence-corrected chi connectivity index (χ0v) is 24.6. The number of nitrogens with one attached hydrogen (secondary N) is 1. The molecule has 2 aliphatic carbocycles. The summed E-state index contributed by atoms with van der Waals surface area (Å²) in [5, 5.41) is 13.0. The second kappa shape index (κ2) is 13.6. The van der Waals surface area contributed by atoms with Gasteiger partial charge < -0.3 is 19.5 Å². The predicted molar refractivity (Wildman–Crippen MR) is 152 cm³/mol. The smallest absolute Gasteiger partial charge is 0.223 e. The molecule has 1 amide bonds. The summed E-state index contributed by atoms with van der Waals surface area (Å²) < 4.78 is 18.3. The van der Waals surface area contributed by atoms with E-state index in [1.807, 2.05) is 26.0 Å². The number of allylic oxidation sites excluding steroid dienone is 2. The SMILES string of the molecule is CCCC1CC(=O)C2=C(C1)N=C(C)C(C#N)C2c1cc(Br)c(OCCOCCNC(=O)C2CC2)c(OCC)c1. The van der Waals surface area contributed by atoms with E-state index >= 15 is 0 Å². The normalized spacial score (nSPS) is 22.6. The van der Waals surface area contributed by atoms with Crippen LogP contribution in [0.25, 0.3) is 0 Å². The van der Waals surface area contributed by atoms with Crippen molar-refractivity contribution in [1.82, 2.24) is 5.32 Å². The van der Waals surface area contributed by atoms with E-state index in [0.29, 0.717) is 66.9 Å². The summed E-state index contributed by atoms with van der Waals surface area (Å²) in [6.07, 6.45) is 5.26. The molecule has 1 saturated carbocycles. The molecule has 0 saturated heterocycles. The highest BCUT2D eigenvalue weighted by Crippen LogP contribution is 2.48. The highest BCUT2D eigenvalue weighted by atomic mass is 79.9. The Balaban J connectivity index is 1.49. The molecule has 0 spiro atoms. The van der Waals surface area contributed by atoms with Gasteiger partial charge in [0.1, 0.15) is 6.61 Å². The summed E-state index contributed by atoms with van der Waals surface area (Å²) in [7, 11) is 0. The molecule has 39 heavy (non-hydrogen) atoms. The number of nitriles is 1. The highest BCUT2D eigenvalue weighted by Gasteiger charge is 2.41. The highest BCUT2D eigenvalue weighted by molar-refractivity contribution is 9.10. The predicted octanol–water partition coefficient (Wildman–Crippen LogP) is 5.50. The summed E-state index contributed by atoms with van der Waals surface area (Å²) >= 11 is 3.65. The van der Waals surface area contributed by atoms with Crippen LogP contribution in [0.1, 0.15) is 70.8 Å². The largest absolute Gasteiger partial charge is 0.490 e. The van der Waals surface area contributed by atoms with Crippen molar-refractivity contribution in [2.75, 3.05) is 33.0 Å². The Morgan fingerprint density at radius 3 is 2.67 bits per heavy atom. The first kappa shape index (κ1) is 29.3. The third-order valence-electron chi connectivity index (χ3n) is 7.47. The summed E-state index contributed by atoms with van der Waals surface area (Å²) in [5.74, 6) is 0.853. The van der Waals surface area contributed by atoms with E-state index in [4.69, 9.17) is 19.2 Å². The summed E-state index contributed by atoms with van der Waals surface area (Å²) in [4.78, 5) is 29.9. The van der Waals surface area contributed by atoms with Crippen LogP contribution in [-0.2, 0) is 14.3 Å². The number of carbonyl (C=O) groups excluding carboxylic acids is 2. The van der Waals surface area contributed by atoms with Crippen molar-refractivity contribution in [3.63, 3.8) is 0 Å². The van der Waals surface area contributed by atoms with Crippen LogP contribution in [0.3, 0.4) is 0 Å². The molecule has 1 aromatic rings. The maximum absolute atomic E-state index is 13.4. The van der Waals surface area contributed by atoms with Crippen molar-refractivity contribution in [2.24, 2.45) is 22.7 Å².